The zero-order valence-electron chi connectivity index (χ0n) is 20.0. The maximum atomic E-state index is 11.6. The standard InChI is InChI=1S/C25H27N5O.C2H4O/c1-3-29-11-6-18-4-5-19(14-24(18)29)22-15-21(16-23-25(22)27-10-9-26-23)28-20-7-12-30(13-8-20)17(2)31;1-2-3/h4-6,9-11,14-16,20,28H,3,7-8,12-13H2,1-2H3;2H,1H3. The van der Waals surface area contributed by atoms with Gasteiger partial charge in [0.2, 0.25) is 5.91 Å². The second-order valence-electron chi connectivity index (χ2n) is 8.48. The van der Waals surface area contributed by atoms with Crippen LogP contribution < -0.4 is 5.32 Å². The van der Waals surface area contributed by atoms with E-state index in [2.05, 4.69) is 69.4 Å². The van der Waals surface area contributed by atoms with Gasteiger partial charge in [-0.2, -0.15) is 0 Å². The van der Waals surface area contributed by atoms with E-state index in [1.54, 1.807) is 19.3 Å². The van der Waals surface area contributed by atoms with Crippen molar-refractivity contribution in [3.8, 4) is 11.1 Å². The summed E-state index contributed by atoms with van der Waals surface area (Å²) in [4.78, 5) is 31.6. The minimum Gasteiger partial charge on any atom is -0.382 e. The maximum absolute atomic E-state index is 11.6. The number of amides is 1. The van der Waals surface area contributed by atoms with E-state index in [0.717, 1.165) is 66.6 Å². The molecule has 4 aromatic rings. The molecule has 1 N–H and O–H groups in total. The van der Waals surface area contributed by atoms with Crippen molar-refractivity contribution in [3.63, 3.8) is 0 Å². The van der Waals surface area contributed by atoms with Crippen molar-refractivity contribution in [2.24, 2.45) is 0 Å². The van der Waals surface area contributed by atoms with Gasteiger partial charge in [-0.05, 0) is 61.9 Å². The third-order valence-corrected chi connectivity index (χ3v) is 6.31. The molecule has 0 aliphatic carbocycles. The second kappa shape index (κ2) is 10.5. The van der Waals surface area contributed by atoms with Crippen LogP contribution in [0.5, 0.6) is 0 Å². The Hall–Kier alpha value is -3.74. The van der Waals surface area contributed by atoms with Gasteiger partial charge in [-0.15, -0.1) is 0 Å². The van der Waals surface area contributed by atoms with Gasteiger partial charge in [-0.3, -0.25) is 14.8 Å². The summed E-state index contributed by atoms with van der Waals surface area (Å²) in [6.07, 6.45) is 8.28. The number of rotatable bonds is 4. The smallest absolute Gasteiger partial charge is 0.219 e. The summed E-state index contributed by atoms with van der Waals surface area (Å²) < 4.78 is 2.26. The van der Waals surface area contributed by atoms with Crippen molar-refractivity contribution >= 4 is 39.8 Å². The molecular weight excluding hydrogens is 426 g/mol. The predicted molar refractivity (Wildman–Crippen MR) is 137 cm³/mol. The largest absolute Gasteiger partial charge is 0.382 e. The van der Waals surface area contributed by atoms with Gasteiger partial charge in [0.05, 0.1) is 11.0 Å². The van der Waals surface area contributed by atoms with E-state index in [0.29, 0.717) is 6.04 Å². The first-order valence-electron chi connectivity index (χ1n) is 11.8. The highest BCUT2D eigenvalue weighted by molar-refractivity contribution is 5.97. The number of likely N-dealkylation sites (tertiary alicyclic amines) is 1. The van der Waals surface area contributed by atoms with E-state index < -0.39 is 0 Å². The van der Waals surface area contributed by atoms with E-state index >= 15 is 0 Å². The van der Waals surface area contributed by atoms with Crippen molar-refractivity contribution in [2.45, 2.75) is 46.2 Å². The lowest BCUT2D eigenvalue weighted by Gasteiger charge is -2.32. The molecule has 0 unspecified atom stereocenters. The molecular formula is C27H31N5O2. The van der Waals surface area contributed by atoms with Crippen LogP contribution in [-0.4, -0.2) is 50.8 Å². The predicted octanol–water partition coefficient (Wildman–Crippen LogP) is 4.90. The first-order chi connectivity index (χ1) is 16.5. The highest BCUT2D eigenvalue weighted by atomic mass is 16.2. The lowest BCUT2D eigenvalue weighted by molar-refractivity contribution is -0.129. The lowest BCUT2D eigenvalue weighted by atomic mass is 10.00. The number of carbonyl (C=O) groups excluding carboxylic acids is 2. The number of aryl methyl sites for hydroxylation is 1. The number of anilines is 1. The summed E-state index contributed by atoms with van der Waals surface area (Å²) in [5.41, 5.74) is 6.30. The molecule has 0 spiro atoms. The van der Waals surface area contributed by atoms with E-state index in [4.69, 9.17) is 4.79 Å². The van der Waals surface area contributed by atoms with Crippen LogP contribution in [0.3, 0.4) is 0 Å². The normalized spacial score (nSPS) is 14.0. The minimum absolute atomic E-state index is 0.161. The fourth-order valence-corrected chi connectivity index (χ4v) is 4.58. The van der Waals surface area contributed by atoms with Crippen molar-refractivity contribution < 1.29 is 9.59 Å². The van der Waals surface area contributed by atoms with Crippen molar-refractivity contribution in [1.29, 1.82) is 0 Å². The average Bonchev–Trinajstić information content (AvgIpc) is 3.27. The molecule has 0 atom stereocenters. The highest BCUT2D eigenvalue weighted by Gasteiger charge is 2.21. The first kappa shape index (κ1) is 23.4. The van der Waals surface area contributed by atoms with Gasteiger partial charge in [-0.25, -0.2) is 0 Å². The number of aldehydes is 1. The summed E-state index contributed by atoms with van der Waals surface area (Å²) in [5.74, 6) is 0.161. The number of nitrogens with one attached hydrogen (secondary N) is 1. The van der Waals surface area contributed by atoms with Crippen LogP contribution in [0, 0.1) is 0 Å². The summed E-state index contributed by atoms with van der Waals surface area (Å²) in [7, 11) is 0. The highest BCUT2D eigenvalue weighted by Crippen LogP contribution is 2.33. The molecule has 2 aromatic heterocycles. The van der Waals surface area contributed by atoms with Gasteiger partial charge in [0, 0.05) is 68.0 Å². The topological polar surface area (TPSA) is 80.1 Å². The third kappa shape index (κ3) is 4.93. The van der Waals surface area contributed by atoms with Crippen molar-refractivity contribution in [1.82, 2.24) is 19.4 Å². The average molecular weight is 458 g/mol. The molecule has 0 radical (unpaired) electrons. The summed E-state index contributed by atoms with van der Waals surface area (Å²) in [6.45, 7) is 7.80. The van der Waals surface area contributed by atoms with E-state index in [9.17, 15) is 4.79 Å². The zero-order valence-corrected chi connectivity index (χ0v) is 20.0. The molecule has 1 saturated heterocycles. The van der Waals surface area contributed by atoms with Crippen molar-refractivity contribution in [2.75, 3.05) is 18.4 Å². The maximum Gasteiger partial charge on any atom is 0.219 e. The fourth-order valence-electron chi connectivity index (χ4n) is 4.58. The van der Waals surface area contributed by atoms with Crippen LogP contribution in [0.1, 0.15) is 33.6 Å². The Kier molecular flexibility index (Phi) is 7.21. The number of hydrogen-bond acceptors (Lipinski definition) is 5. The molecule has 0 bridgehead atoms. The van der Waals surface area contributed by atoms with Crippen LogP contribution in [0.4, 0.5) is 5.69 Å². The number of aromatic nitrogens is 3. The molecule has 34 heavy (non-hydrogen) atoms. The van der Waals surface area contributed by atoms with Gasteiger partial charge in [0.15, 0.2) is 0 Å². The Morgan fingerprint density at radius 2 is 1.85 bits per heavy atom. The molecule has 1 amide bonds. The van der Waals surface area contributed by atoms with Gasteiger partial charge in [0.1, 0.15) is 6.29 Å². The number of nitrogens with zero attached hydrogens (tertiary/aromatic N) is 4. The molecule has 1 aliphatic rings. The minimum atomic E-state index is 0.161. The summed E-state index contributed by atoms with van der Waals surface area (Å²) >= 11 is 0. The molecule has 7 heteroatoms. The molecule has 7 nitrogen and oxygen atoms in total. The second-order valence-corrected chi connectivity index (χ2v) is 8.48. The molecule has 176 valence electrons. The van der Waals surface area contributed by atoms with Gasteiger partial charge < -0.3 is 19.6 Å². The SMILES string of the molecule is CC=O.CCn1ccc2ccc(-c3cc(NC4CCN(C(C)=O)CC4)cc4nccnc34)cc21. The van der Waals surface area contributed by atoms with Crippen LogP contribution in [-0.2, 0) is 16.1 Å². The first-order valence-corrected chi connectivity index (χ1v) is 11.8. The molecule has 3 heterocycles. The monoisotopic (exact) mass is 457 g/mol. The lowest BCUT2D eigenvalue weighted by Crippen LogP contribution is -2.41. The Balaban J connectivity index is 0.000000868. The van der Waals surface area contributed by atoms with Crippen molar-refractivity contribution in [3.05, 3.63) is 55.0 Å². The molecule has 2 aromatic carbocycles. The number of piperidine rings is 1. The van der Waals surface area contributed by atoms with Gasteiger partial charge >= 0.3 is 0 Å². The Bertz CT molecular complexity index is 1310. The van der Waals surface area contributed by atoms with E-state index in [-0.39, 0.29) is 5.91 Å². The number of fused-ring (bicyclic) bond motifs is 2. The Morgan fingerprint density at radius 3 is 2.56 bits per heavy atom. The quantitative estimate of drug-likeness (QED) is 0.441. The molecule has 5 rings (SSSR count). The third-order valence-electron chi connectivity index (χ3n) is 6.31. The Morgan fingerprint density at radius 1 is 1.12 bits per heavy atom. The van der Waals surface area contributed by atoms with E-state index in [1.165, 1.54) is 17.8 Å². The number of benzene rings is 2. The molecule has 1 fully saturated rings. The molecule has 1 aliphatic heterocycles. The van der Waals surface area contributed by atoms with Crippen LogP contribution >= 0.6 is 0 Å². The number of hydrogen-bond donors (Lipinski definition) is 1. The summed E-state index contributed by atoms with van der Waals surface area (Å²) in [5, 5.41) is 4.93. The van der Waals surface area contributed by atoms with Gasteiger partial charge in [0.25, 0.3) is 0 Å². The number of carbonyl (C=O) groups is 2. The Labute approximate surface area is 199 Å². The zero-order chi connectivity index (χ0) is 24.1. The van der Waals surface area contributed by atoms with Crippen LogP contribution in [0.25, 0.3) is 33.1 Å². The molecule has 0 saturated carbocycles. The van der Waals surface area contributed by atoms with Crippen LogP contribution in [0.15, 0.2) is 55.0 Å². The van der Waals surface area contributed by atoms with E-state index in [1.807, 2.05) is 4.90 Å². The summed E-state index contributed by atoms with van der Waals surface area (Å²) in [6, 6.07) is 13.4. The van der Waals surface area contributed by atoms with Gasteiger partial charge in [-0.1, -0.05) is 12.1 Å². The fraction of sp³-hybridized carbons (Fsp3) is 0.333. The van der Waals surface area contributed by atoms with Crippen LogP contribution in [0.2, 0.25) is 0 Å².